The molecule has 2 aromatic rings. The zero-order valence-electron chi connectivity index (χ0n) is 12.7. The molecular weight excluding hydrogens is 314 g/mol. The number of nitrogens with zero attached hydrogens (tertiary/aromatic N) is 1. The molecule has 0 fully saturated rings. The normalized spacial score (nSPS) is 15.7. The van der Waals surface area contributed by atoms with Crippen LogP contribution in [0.2, 0.25) is 0 Å². The first-order chi connectivity index (χ1) is 11.6. The van der Waals surface area contributed by atoms with Gasteiger partial charge in [0.1, 0.15) is 29.4 Å². The van der Waals surface area contributed by atoms with E-state index < -0.39 is 0 Å². The van der Waals surface area contributed by atoms with E-state index in [1.807, 2.05) is 12.1 Å². The molecule has 124 valence electrons. The van der Waals surface area contributed by atoms with E-state index in [1.165, 1.54) is 6.07 Å². The number of benzene rings is 2. The van der Waals surface area contributed by atoms with Gasteiger partial charge in [-0.2, -0.15) is 0 Å². The topological polar surface area (TPSA) is 88.5 Å². The Bertz CT molecular complexity index is 819. The summed E-state index contributed by atoms with van der Waals surface area (Å²) < 4.78 is 16.1. The Kier molecular flexibility index (Phi) is 3.34. The molecule has 7 heteroatoms. The van der Waals surface area contributed by atoms with Crippen LogP contribution in [0.3, 0.4) is 0 Å². The van der Waals surface area contributed by atoms with Gasteiger partial charge in [-0.25, -0.2) is 0 Å². The van der Waals surface area contributed by atoms with Gasteiger partial charge in [0.15, 0.2) is 11.5 Å². The number of carbonyl (C=O) groups excluding carboxylic acids is 1. The van der Waals surface area contributed by atoms with E-state index >= 15 is 0 Å². The number of hydrogen-bond acceptors (Lipinski definition) is 6. The minimum Gasteiger partial charge on any atom is -0.508 e. The molecular formula is C17H15NO6. The minimum atomic E-state index is -0.349. The van der Waals surface area contributed by atoms with Crippen LogP contribution in [0.25, 0.3) is 0 Å². The summed E-state index contributed by atoms with van der Waals surface area (Å²) >= 11 is 0. The maximum absolute atomic E-state index is 12.8. The molecule has 24 heavy (non-hydrogen) atoms. The van der Waals surface area contributed by atoms with Gasteiger partial charge in [-0.3, -0.25) is 4.79 Å². The molecule has 0 saturated carbocycles. The Morgan fingerprint density at radius 3 is 2.71 bits per heavy atom. The van der Waals surface area contributed by atoms with E-state index in [-0.39, 0.29) is 42.1 Å². The van der Waals surface area contributed by atoms with Crippen LogP contribution in [0.4, 0.5) is 0 Å². The van der Waals surface area contributed by atoms with Crippen molar-refractivity contribution in [3.8, 4) is 28.7 Å². The van der Waals surface area contributed by atoms with Gasteiger partial charge in [0.25, 0.3) is 5.91 Å². The number of carbonyl (C=O) groups is 1. The Labute approximate surface area is 137 Å². The summed E-state index contributed by atoms with van der Waals surface area (Å²) in [6.45, 7) is 1.17. The zero-order chi connectivity index (χ0) is 16.7. The highest BCUT2D eigenvalue weighted by molar-refractivity contribution is 6.00. The number of phenols is 2. The third-order valence-corrected chi connectivity index (χ3v) is 4.00. The van der Waals surface area contributed by atoms with Crippen molar-refractivity contribution in [3.05, 3.63) is 41.5 Å². The predicted octanol–water partition coefficient (Wildman–Crippen LogP) is 1.86. The van der Waals surface area contributed by atoms with Crippen LogP contribution in [0.1, 0.15) is 15.9 Å². The Balaban J connectivity index is 1.63. The first-order valence-electron chi connectivity index (χ1n) is 7.48. The van der Waals surface area contributed by atoms with E-state index in [0.29, 0.717) is 24.6 Å². The van der Waals surface area contributed by atoms with Gasteiger partial charge in [0.2, 0.25) is 6.79 Å². The van der Waals surface area contributed by atoms with Crippen molar-refractivity contribution in [2.45, 2.75) is 6.54 Å². The fraction of sp³-hybridized carbons (Fsp3) is 0.235. The number of amides is 1. The van der Waals surface area contributed by atoms with Crippen LogP contribution in [-0.2, 0) is 6.54 Å². The molecule has 1 amide bonds. The second-order valence-corrected chi connectivity index (χ2v) is 5.60. The van der Waals surface area contributed by atoms with Crippen molar-refractivity contribution in [2.75, 3.05) is 19.9 Å². The summed E-state index contributed by atoms with van der Waals surface area (Å²) in [6.07, 6.45) is 0. The monoisotopic (exact) mass is 329 g/mol. The molecule has 0 spiro atoms. The number of phenolic OH excluding ortho intramolecular Hbond substituents is 2. The summed E-state index contributed by atoms with van der Waals surface area (Å²) in [7, 11) is 0. The molecule has 0 radical (unpaired) electrons. The van der Waals surface area contributed by atoms with Crippen LogP contribution in [0, 0.1) is 0 Å². The van der Waals surface area contributed by atoms with E-state index in [4.69, 9.17) is 14.2 Å². The van der Waals surface area contributed by atoms with Crippen LogP contribution in [0.5, 0.6) is 28.7 Å². The lowest BCUT2D eigenvalue weighted by molar-refractivity contribution is 0.0740. The van der Waals surface area contributed by atoms with Crippen molar-refractivity contribution >= 4 is 5.91 Å². The maximum atomic E-state index is 12.8. The van der Waals surface area contributed by atoms with Crippen LogP contribution in [-0.4, -0.2) is 41.0 Å². The standard InChI is InChI=1S/C17H15NO6/c19-11-6-12(20)16-15(7-11)22-4-3-18(17(16)21)8-10-1-2-13-14(5-10)24-9-23-13/h1-2,5-7,19-20H,3-4,8-9H2. The second-order valence-electron chi connectivity index (χ2n) is 5.60. The van der Waals surface area contributed by atoms with Gasteiger partial charge in [0.05, 0.1) is 6.54 Å². The van der Waals surface area contributed by atoms with Crippen LogP contribution in [0.15, 0.2) is 30.3 Å². The van der Waals surface area contributed by atoms with Gasteiger partial charge < -0.3 is 29.3 Å². The van der Waals surface area contributed by atoms with Crippen molar-refractivity contribution in [1.82, 2.24) is 4.90 Å². The molecule has 0 aromatic heterocycles. The van der Waals surface area contributed by atoms with Crippen molar-refractivity contribution in [2.24, 2.45) is 0 Å². The molecule has 0 aliphatic carbocycles. The number of fused-ring (bicyclic) bond motifs is 2. The summed E-state index contributed by atoms with van der Waals surface area (Å²) in [5.41, 5.74) is 0.945. The largest absolute Gasteiger partial charge is 0.508 e. The van der Waals surface area contributed by atoms with E-state index in [1.54, 1.807) is 11.0 Å². The van der Waals surface area contributed by atoms with Gasteiger partial charge in [-0.15, -0.1) is 0 Å². The summed E-state index contributed by atoms with van der Waals surface area (Å²) in [5, 5.41) is 19.6. The zero-order valence-corrected chi connectivity index (χ0v) is 12.7. The number of hydrogen-bond donors (Lipinski definition) is 2. The summed E-state index contributed by atoms with van der Waals surface area (Å²) in [6, 6.07) is 7.96. The molecule has 2 aliphatic rings. The van der Waals surface area contributed by atoms with Crippen molar-refractivity contribution < 1.29 is 29.2 Å². The first-order valence-corrected chi connectivity index (χ1v) is 7.48. The Morgan fingerprint density at radius 2 is 1.83 bits per heavy atom. The van der Waals surface area contributed by atoms with Crippen LogP contribution < -0.4 is 14.2 Å². The molecule has 0 saturated heterocycles. The molecule has 7 nitrogen and oxygen atoms in total. The molecule has 2 heterocycles. The minimum absolute atomic E-state index is 0.0612. The first kappa shape index (κ1) is 14.5. The SMILES string of the molecule is O=C1c2c(O)cc(O)cc2OCCN1Cc1ccc2c(c1)OCO2. The van der Waals surface area contributed by atoms with E-state index in [2.05, 4.69) is 0 Å². The highest BCUT2D eigenvalue weighted by Crippen LogP contribution is 2.36. The number of rotatable bonds is 2. The summed E-state index contributed by atoms with van der Waals surface area (Å²) in [4.78, 5) is 14.3. The van der Waals surface area contributed by atoms with Gasteiger partial charge in [-0.05, 0) is 17.7 Å². The summed E-state index contributed by atoms with van der Waals surface area (Å²) in [5.74, 6) is 0.723. The van der Waals surface area contributed by atoms with Crippen LogP contribution >= 0.6 is 0 Å². The third-order valence-electron chi connectivity index (χ3n) is 4.00. The average molecular weight is 329 g/mol. The van der Waals surface area contributed by atoms with Crippen molar-refractivity contribution in [1.29, 1.82) is 0 Å². The molecule has 0 bridgehead atoms. The molecule has 4 rings (SSSR count). The fourth-order valence-corrected chi connectivity index (χ4v) is 2.85. The number of aromatic hydroxyl groups is 2. The number of ether oxygens (including phenoxy) is 3. The lowest BCUT2D eigenvalue weighted by atomic mass is 10.1. The van der Waals surface area contributed by atoms with Gasteiger partial charge in [0, 0.05) is 18.7 Å². The third kappa shape index (κ3) is 2.44. The van der Waals surface area contributed by atoms with E-state index in [9.17, 15) is 15.0 Å². The fourth-order valence-electron chi connectivity index (χ4n) is 2.85. The maximum Gasteiger partial charge on any atom is 0.261 e. The highest BCUT2D eigenvalue weighted by Gasteiger charge is 2.28. The van der Waals surface area contributed by atoms with Crippen molar-refractivity contribution in [3.63, 3.8) is 0 Å². The second kappa shape index (κ2) is 5.52. The van der Waals surface area contributed by atoms with Gasteiger partial charge in [-0.1, -0.05) is 6.07 Å². The lowest BCUT2D eigenvalue weighted by Gasteiger charge is -2.20. The smallest absolute Gasteiger partial charge is 0.261 e. The average Bonchev–Trinajstić information content (AvgIpc) is 2.94. The van der Waals surface area contributed by atoms with Gasteiger partial charge >= 0.3 is 0 Å². The quantitative estimate of drug-likeness (QED) is 0.874. The molecule has 2 aromatic carbocycles. The molecule has 0 atom stereocenters. The lowest BCUT2D eigenvalue weighted by Crippen LogP contribution is -2.31. The molecule has 0 unspecified atom stereocenters. The molecule has 2 aliphatic heterocycles. The van der Waals surface area contributed by atoms with E-state index in [0.717, 1.165) is 11.6 Å². The predicted molar refractivity (Wildman–Crippen MR) is 82.6 cm³/mol. The highest BCUT2D eigenvalue weighted by atomic mass is 16.7. The Morgan fingerprint density at radius 1 is 1.00 bits per heavy atom. The Hall–Kier alpha value is -3.09. The molecule has 2 N–H and O–H groups in total.